The van der Waals surface area contributed by atoms with Crippen molar-refractivity contribution < 1.29 is 43.2 Å². The van der Waals surface area contributed by atoms with E-state index in [-0.39, 0.29) is 29.0 Å². The number of carbonyl (C=O) groups excluding carboxylic acids is 2. The molecule has 36 heavy (non-hydrogen) atoms. The number of hydrogen-bond acceptors (Lipinski definition) is 8. The van der Waals surface area contributed by atoms with Gasteiger partial charge in [0, 0.05) is 11.6 Å². The van der Waals surface area contributed by atoms with Gasteiger partial charge in [0.15, 0.2) is 23.9 Å². The molecule has 3 rings (SSSR count). The van der Waals surface area contributed by atoms with Gasteiger partial charge in [-0.2, -0.15) is 0 Å². The Labute approximate surface area is 208 Å². The van der Waals surface area contributed by atoms with Gasteiger partial charge in [-0.25, -0.2) is 4.79 Å². The number of ketones is 1. The molecule has 0 aliphatic carbocycles. The Bertz CT molecular complexity index is 1190. The van der Waals surface area contributed by atoms with Gasteiger partial charge in [-0.15, -0.1) is 0 Å². The number of allylic oxidation sites excluding steroid dienone is 1. The van der Waals surface area contributed by atoms with Crippen LogP contribution in [0.15, 0.2) is 36.1 Å². The maximum Gasteiger partial charge on any atom is 0.326 e. The van der Waals surface area contributed by atoms with E-state index >= 15 is 0 Å². The predicted octanol–water partition coefficient (Wildman–Crippen LogP) is 3.32. The van der Waals surface area contributed by atoms with Crippen molar-refractivity contribution in [3.8, 4) is 28.7 Å². The van der Waals surface area contributed by atoms with Gasteiger partial charge in [0.1, 0.15) is 17.5 Å². The first-order valence-corrected chi connectivity index (χ1v) is 11.3. The summed E-state index contributed by atoms with van der Waals surface area (Å²) in [6.07, 6.45) is 2.14. The van der Waals surface area contributed by atoms with E-state index in [1.807, 2.05) is 6.92 Å². The second kappa shape index (κ2) is 11.5. The largest absolute Gasteiger partial charge is 0.493 e. The zero-order chi connectivity index (χ0) is 26.4. The van der Waals surface area contributed by atoms with Crippen molar-refractivity contribution in [3.63, 3.8) is 0 Å². The number of rotatable bonds is 11. The molecule has 1 amide bonds. The van der Waals surface area contributed by atoms with Crippen molar-refractivity contribution in [2.45, 2.75) is 26.3 Å². The molecule has 2 atom stereocenters. The van der Waals surface area contributed by atoms with Crippen molar-refractivity contribution in [1.29, 1.82) is 0 Å². The molecule has 2 aromatic rings. The van der Waals surface area contributed by atoms with Crippen molar-refractivity contribution in [2.75, 3.05) is 27.9 Å². The number of ether oxygens (including phenoxy) is 5. The molecular formula is C26H29NO9. The number of hydrogen-bond donors (Lipinski definition) is 2. The van der Waals surface area contributed by atoms with Crippen molar-refractivity contribution in [1.82, 2.24) is 5.32 Å². The summed E-state index contributed by atoms with van der Waals surface area (Å²) in [6.45, 7) is 3.20. The van der Waals surface area contributed by atoms with Crippen molar-refractivity contribution in [2.24, 2.45) is 5.92 Å². The molecule has 0 aromatic heterocycles. The molecule has 1 aliphatic rings. The van der Waals surface area contributed by atoms with Crippen LogP contribution in [0.4, 0.5) is 0 Å². The zero-order valence-electron chi connectivity index (χ0n) is 20.7. The average Bonchev–Trinajstić information content (AvgIpc) is 3.18. The van der Waals surface area contributed by atoms with Crippen LogP contribution in [0.2, 0.25) is 0 Å². The van der Waals surface area contributed by atoms with E-state index in [2.05, 4.69) is 5.32 Å². The highest BCUT2D eigenvalue weighted by atomic mass is 16.5. The second-order valence-corrected chi connectivity index (χ2v) is 8.08. The van der Waals surface area contributed by atoms with Gasteiger partial charge in [0.05, 0.1) is 26.9 Å². The minimum atomic E-state index is -1.10. The second-order valence-electron chi connectivity index (χ2n) is 8.08. The third-order valence-corrected chi connectivity index (χ3v) is 5.83. The third kappa shape index (κ3) is 5.54. The maximum atomic E-state index is 12.9. The van der Waals surface area contributed by atoms with E-state index in [4.69, 9.17) is 23.7 Å². The molecule has 10 nitrogen and oxygen atoms in total. The number of carboxylic acid groups (broad SMARTS) is 1. The van der Waals surface area contributed by atoms with Gasteiger partial charge in [0.2, 0.25) is 11.5 Å². The van der Waals surface area contributed by atoms with Crippen LogP contribution < -0.4 is 29.0 Å². The minimum Gasteiger partial charge on any atom is -0.493 e. The van der Waals surface area contributed by atoms with Crippen LogP contribution in [-0.2, 0) is 9.59 Å². The molecule has 1 aliphatic heterocycles. The fourth-order valence-electron chi connectivity index (χ4n) is 3.68. The zero-order valence-corrected chi connectivity index (χ0v) is 20.7. The number of carboxylic acids is 1. The Morgan fingerprint density at radius 3 is 2.42 bits per heavy atom. The summed E-state index contributed by atoms with van der Waals surface area (Å²) in [7, 11) is 4.47. The molecule has 0 saturated heterocycles. The molecule has 0 radical (unpaired) electrons. The summed E-state index contributed by atoms with van der Waals surface area (Å²) in [5.74, 6) is -0.373. The molecule has 2 N–H and O–H groups in total. The molecular weight excluding hydrogens is 470 g/mol. The normalized spacial score (nSPS) is 14.9. The van der Waals surface area contributed by atoms with Gasteiger partial charge in [0.25, 0.3) is 5.91 Å². The fourth-order valence-corrected chi connectivity index (χ4v) is 3.68. The molecule has 0 saturated carbocycles. The number of amides is 1. The summed E-state index contributed by atoms with van der Waals surface area (Å²) in [5, 5.41) is 11.8. The Kier molecular flexibility index (Phi) is 8.42. The summed E-state index contributed by atoms with van der Waals surface area (Å²) in [5.41, 5.74) is 0.883. The van der Waals surface area contributed by atoms with Crippen LogP contribution in [-0.4, -0.2) is 56.7 Å². The average molecular weight is 500 g/mol. The highest BCUT2D eigenvalue weighted by Gasteiger charge is 2.29. The third-order valence-electron chi connectivity index (χ3n) is 5.83. The lowest BCUT2D eigenvalue weighted by molar-refractivity contribution is -0.143. The molecule has 0 fully saturated rings. The summed E-state index contributed by atoms with van der Waals surface area (Å²) in [6, 6.07) is 6.97. The van der Waals surface area contributed by atoms with Crippen LogP contribution in [0.25, 0.3) is 6.08 Å². The van der Waals surface area contributed by atoms with E-state index < -0.39 is 24.5 Å². The van der Waals surface area contributed by atoms with Crippen molar-refractivity contribution in [3.05, 3.63) is 47.2 Å². The number of Topliss-reactive ketones (excluding diaryl/α,β-unsaturated/α-hetero) is 1. The van der Waals surface area contributed by atoms with E-state index in [0.717, 1.165) is 0 Å². The number of methoxy groups -OCH3 is 3. The van der Waals surface area contributed by atoms with Gasteiger partial charge in [-0.3, -0.25) is 9.59 Å². The van der Waals surface area contributed by atoms with Gasteiger partial charge >= 0.3 is 5.97 Å². The Balaban J connectivity index is 1.74. The Morgan fingerprint density at radius 1 is 1.08 bits per heavy atom. The quantitative estimate of drug-likeness (QED) is 0.447. The molecule has 0 spiro atoms. The van der Waals surface area contributed by atoms with Crippen LogP contribution in [0.5, 0.6) is 28.7 Å². The highest BCUT2D eigenvalue weighted by Crippen LogP contribution is 2.42. The van der Waals surface area contributed by atoms with Crippen molar-refractivity contribution >= 4 is 23.7 Å². The van der Waals surface area contributed by atoms with Crippen LogP contribution in [0.3, 0.4) is 0 Å². The summed E-state index contributed by atoms with van der Waals surface area (Å²) < 4.78 is 27.4. The lowest BCUT2D eigenvalue weighted by atomic mass is 9.99. The topological polar surface area (TPSA) is 130 Å². The Morgan fingerprint density at radius 2 is 1.81 bits per heavy atom. The number of carbonyl (C=O) groups is 3. The van der Waals surface area contributed by atoms with Gasteiger partial charge in [-0.05, 0) is 36.3 Å². The van der Waals surface area contributed by atoms with Crippen LogP contribution >= 0.6 is 0 Å². The standard InChI is InChI=1S/C26H29NO9/c1-6-14(2)22(26(30)31)27-21(28)13-35-16-8-9-17-19(12-16)36-20(23(17)29)11-15-7-10-18(32-3)25(34-5)24(15)33-4/h7-12,14,22H,6,13H2,1-5H3,(H,27,28)(H,30,31)/t14-,22+/m1/s1. The van der Waals surface area contributed by atoms with E-state index in [1.165, 1.54) is 45.6 Å². The number of benzene rings is 2. The molecule has 192 valence electrons. The molecule has 0 bridgehead atoms. The van der Waals surface area contributed by atoms with Crippen LogP contribution in [0.1, 0.15) is 36.2 Å². The summed E-state index contributed by atoms with van der Waals surface area (Å²) in [4.78, 5) is 36.5. The first-order valence-electron chi connectivity index (χ1n) is 11.3. The molecule has 10 heteroatoms. The fraction of sp³-hybridized carbons (Fsp3) is 0.346. The van der Waals surface area contributed by atoms with Crippen LogP contribution in [0, 0.1) is 5.92 Å². The highest BCUT2D eigenvalue weighted by molar-refractivity contribution is 6.14. The molecule has 2 aromatic carbocycles. The number of fused-ring (bicyclic) bond motifs is 1. The monoisotopic (exact) mass is 499 g/mol. The first kappa shape index (κ1) is 26.4. The first-order chi connectivity index (χ1) is 17.2. The van der Waals surface area contributed by atoms with E-state index in [9.17, 15) is 19.5 Å². The van der Waals surface area contributed by atoms with Gasteiger partial charge in [-0.1, -0.05) is 20.3 Å². The molecule has 0 unspecified atom stereocenters. The van der Waals surface area contributed by atoms with Gasteiger partial charge < -0.3 is 34.1 Å². The maximum absolute atomic E-state index is 12.9. The number of aliphatic carboxylic acids is 1. The molecule has 1 heterocycles. The Hall–Kier alpha value is -4.21. The SMILES string of the molecule is CC[C@@H](C)[C@H](NC(=O)COc1ccc2c(c1)OC(=Cc1ccc(OC)c(OC)c1OC)C2=O)C(=O)O. The van der Waals surface area contributed by atoms with E-state index in [0.29, 0.717) is 34.8 Å². The van der Waals surface area contributed by atoms with E-state index in [1.54, 1.807) is 19.1 Å². The lowest BCUT2D eigenvalue weighted by Gasteiger charge is -2.20. The number of nitrogens with one attached hydrogen (secondary N) is 1. The smallest absolute Gasteiger partial charge is 0.326 e. The summed E-state index contributed by atoms with van der Waals surface area (Å²) >= 11 is 0. The minimum absolute atomic E-state index is 0.0725. The predicted molar refractivity (Wildman–Crippen MR) is 130 cm³/mol. The lowest BCUT2D eigenvalue weighted by Crippen LogP contribution is -2.46.